The fourth-order valence-corrected chi connectivity index (χ4v) is 1.97. The van der Waals surface area contributed by atoms with Crippen molar-refractivity contribution in [3.05, 3.63) is 29.3 Å². The summed E-state index contributed by atoms with van der Waals surface area (Å²) in [6.45, 7) is 6.10. The van der Waals surface area contributed by atoms with Crippen LogP contribution in [0, 0.1) is 0 Å². The Morgan fingerprint density at radius 1 is 1.43 bits per heavy atom. The second-order valence-corrected chi connectivity index (χ2v) is 4.26. The molecule has 1 heterocycles. The summed E-state index contributed by atoms with van der Waals surface area (Å²) in [6.07, 6.45) is 1.01. The first-order chi connectivity index (χ1) is 6.54. The summed E-state index contributed by atoms with van der Waals surface area (Å²) in [5.74, 6) is 0. The number of aryl methyl sites for hydroxylation is 1. The average Bonchev–Trinajstić information content (AvgIpc) is 2.37. The molecule has 0 atom stereocenters. The predicted molar refractivity (Wildman–Crippen MR) is 57.5 cm³/mol. The molecule has 0 unspecified atom stereocenters. The highest BCUT2D eigenvalue weighted by Crippen LogP contribution is 2.30. The Morgan fingerprint density at radius 3 is 2.79 bits per heavy atom. The zero-order valence-electron chi connectivity index (χ0n) is 8.87. The molecule has 1 N–H and O–H groups in total. The minimum absolute atomic E-state index is 0.361. The largest absolute Gasteiger partial charge is 0.492 e. The van der Waals surface area contributed by atoms with Crippen LogP contribution in [0.2, 0.25) is 0 Å². The van der Waals surface area contributed by atoms with Crippen LogP contribution in [0.15, 0.2) is 18.2 Å². The fraction of sp³-hybridized carbons (Fsp3) is 0.455. The topological polar surface area (TPSA) is 29.5 Å². The number of rotatable bonds is 1. The maximum atomic E-state index is 9.66. The van der Waals surface area contributed by atoms with Gasteiger partial charge in [0.2, 0.25) is 0 Å². The van der Waals surface area contributed by atoms with Crippen molar-refractivity contribution in [1.82, 2.24) is 0 Å². The SMILES string of the molecule is CCc1ccc2c(c1)C(C)(C)OB2O. The summed E-state index contributed by atoms with van der Waals surface area (Å²) in [5, 5.41) is 9.66. The van der Waals surface area contributed by atoms with Gasteiger partial charge in [-0.25, -0.2) is 0 Å². The van der Waals surface area contributed by atoms with Crippen molar-refractivity contribution in [3.63, 3.8) is 0 Å². The Hall–Kier alpha value is -0.795. The molecule has 1 aromatic rings. The summed E-state index contributed by atoms with van der Waals surface area (Å²) >= 11 is 0. The van der Waals surface area contributed by atoms with Gasteiger partial charge in [-0.05, 0) is 36.9 Å². The van der Waals surface area contributed by atoms with E-state index >= 15 is 0 Å². The van der Waals surface area contributed by atoms with Crippen LogP contribution in [0.3, 0.4) is 0 Å². The second-order valence-electron chi connectivity index (χ2n) is 4.26. The van der Waals surface area contributed by atoms with Crippen molar-refractivity contribution in [2.45, 2.75) is 32.8 Å². The van der Waals surface area contributed by atoms with Gasteiger partial charge in [0.25, 0.3) is 0 Å². The van der Waals surface area contributed by atoms with Crippen LogP contribution < -0.4 is 5.46 Å². The summed E-state index contributed by atoms with van der Waals surface area (Å²) in [4.78, 5) is 0. The van der Waals surface area contributed by atoms with Crippen LogP contribution in [0.5, 0.6) is 0 Å². The number of benzene rings is 1. The smallest absolute Gasteiger partial charge is 0.423 e. The first-order valence-corrected chi connectivity index (χ1v) is 5.04. The molecule has 0 saturated carbocycles. The lowest BCUT2D eigenvalue weighted by molar-refractivity contribution is 0.101. The van der Waals surface area contributed by atoms with Crippen molar-refractivity contribution in [1.29, 1.82) is 0 Å². The average molecular weight is 190 g/mol. The molecule has 1 aromatic carbocycles. The summed E-state index contributed by atoms with van der Waals surface area (Å²) in [5.41, 5.74) is 2.95. The highest BCUT2D eigenvalue weighted by molar-refractivity contribution is 6.61. The van der Waals surface area contributed by atoms with Gasteiger partial charge in [-0.1, -0.05) is 25.1 Å². The van der Waals surface area contributed by atoms with Crippen molar-refractivity contribution in [3.8, 4) is 0 Å². The molecule has 0 radical (unpaired) electrons. The quantitative estimate of drug-likeness (QED) is 0.674. The molecule has 0 bridgehead atoms. The normalized spacial score (nSPS) is 18.4. The molecule has 1 aliphatic rings. The molecular formula is C11H15BO2. The lowest BCUT2D eigenvalue weighted by atomic mass is 9.77. The van der Waals surface area contributed by atoms with Gasteiger partial charge in [0.15, 0.2) is 0 Å². The Morgan fingerprint density at radius 2 is 2.14 bits per heavy atom. The molecule has 2 rings (SSSR count). The summed E-state index contributed by atoms with van der Waals surface area (Å²) in [7, 11) is -0.758. The van der Waals surface area contributed by atoms with E-state index in [0.717, 1.165) is 17.4 Å². The Balaban J connectivity index is 2.53. The molecule has 0 aromatic heterocycles. The zero-order chi connectivity index (χ0) is 10.3. The second kappa shape index (κ2) is 3.11. The molecular weight excluding hydrogens is 175 g/mol. The van der Waals surface area contributed by atoms with E-state index in [1.807, 2.05) is 26.0 Å². The Bertz CT molecular complexity index is 360. The van der Waals surface area contributed by atoms with Crippen molar-refractivity contribution in [2.75, 3.05) is 0 Å². The lowest BCUT2D eigenvalue weighted by Gasteiger charge is -2.20. The predicted octanol–water partition coefficient (Wildman–Crippen LogP) is 1.20. The highest BCUT2D eigenvalue weighted by atomic mass is 16.5. The first kappa shape index (κ1) is 9.75. The van der Waals surface area contributed by atoms with E-state index in [9.17, 15) is 5.02 Å². The molecule has 0 aliphatic carbocycles. The Labute approximate surface area is 85.1 Å². The van der Waals surface area contributed by atoms with Gasteiger partial charge in [-0.15, -0.1) is 0 Å². The van der Waals surface area contributed by atoms with E-state index in [4.69, 9.17) is 4.65 Å². The van der Waals surface area contributed by atoms with Crippen LogP contribution in [0.4, 0.5) is 0 Å². The molecule has 74 valence electrons. The third-order valence-corrected chi connectivity index (χ3v) is 2.85. The van der Waals surface area contributed by atoms with Crippen LogP contribution in [-0.2, 0) is 16.7 Å². The van der Waals surface area contributed by atoms with Crippen LogP contribution >= 0.6 is 0 Å². The lowest BCUT2D eigenvalue weighted by Crippen LogP contribution is -2.28. The van der Waals surface area contributed by atoms with E-state index in [-0.39, 0.29) is 5.60 Å². The van der Waals surface area contributed by atoms with Gasteiger partial charge in [-0.2, -0.15) is 0 Å². The van der Waals surface area contributed by atoms with Gasteiger partial charge < -0.3 is 9.68 Å². The third kappa shape index (κ3) is 1.37. The maximum absolute atomic E-state index is 9.66. The Kier molecular flexibility index (Phi) is 2.16. The van der Waals surface area contributed by atoms with Crippen LogP contribution in [0.1, 0.15) is 31.9 Å². The number of hydrogen-bond donors (Lipinski definition) is 1. The third-order valence-electron chi connectivity index (χ3n) is 2.85. The molecule has 1 aliphatic heterocycles. The van der Waals surface area contributed by atoms with E-state index in [1.54, 1.807) is 0 Å². The van der Waals surface area contributed by atoms with Gasteiger partial charge in [-0.3, -0.25) is 0 Å². The van der Waals surface area contributed by atoms with Gasteiger partial charge in [0.05, 0.1) is 5.60 Å². The summed E-state index contributed by atoms with van der Waals surface area (Å²) in [6, 6.07) is 6.14. The molecule has 2 nitrogen and oxygen atoms in total. The zero-order valence-corrected chi connectivity index (χ0v) is 8.87. The van der Waals surface area contributed by atoms with Crippen molar-refractivity contribution < 1.29 is 9.68 Å². The van der Waals surface area contributed by atoms with E-state index < -0.39 is 7.12 Å². The van der Waals surface area contributed by atoms with Crippen LogP contribution in [-0.4, -0.2) is 12.1 Å². The monoisotopic (exact) mass is 190 g/mol. The standard InChI is InChI=1S/C11H15BO2/c1-4-8-5-6-10-9(7-8)11(2,3)14-12(10)13/h5-7,13H,4H2,1-3H3. The van der Waals surface area contributed by atoms with E-state index in [0.29, 0.717) is 0 Å². The van der Waals surface area contributed by atoms with Gasteiger partial charge in [0.1, 0.15) is 0 Å². The van der Waals surface area contributed by atoms with Gasteiger partial charge >= 0.3 is 7.12 Å². The number of hydrogen-bond acceptors (Lipinski definition) is 2. The fourth-order valence-electron chi connectivity index (χ4n) is 1.97. The van der Waals surface area contributed by atoms with Gasteiger partial charge in [0, 0.05) is 0 Å². The molecule has 0 amide bonds. The summed E-state index contributed by atoms with van der Waals surface area (Å²) < 4.78 is 5.47. The number of fused-ring (bicyclic) bond motifs is 1. The minimum Gasteiger partial charge on any atom is -0.423 e. The highest BCUT2D eigenvalue weighted by Gasteiger charge is 2.40. The maximum Gasteiger partial charge on any atom is 0.492 e. The van der Waals surface area contributed by atoms with E-state index in [2.05, 4.69) is 13.0 Å². The van der Waals surface area contributed by atoms with Crippen LogP contribution in [0.25, 0.3) is 0 Å². The molecule has 0 saturated heterocycles. The molecule has 0 spiro atoms. The molecule has 3 heteroatoms. The minimum atomic E-state index is -0.758. The first-order valence-electron chi connectivity index (χ1n) is 5.04. The van der Waals surface area contributed by atoms with Crippen molar-refractivity contribution >= 4 is 12.6 Å². The van der Waals surface area contributed by atoms with Crippen molar-refractivity contribution in [2.24, 2.45) is 0 Å². The van der Waals surface area contributed by atoms with E-state index in [1.165, 1.54) is 5.56 Å². The molecule has 0 fully saturated rings. The molecule has 14 heavy (non-hydrogen) atoms.